The van der Waals surface area contributed by atoms with Crippen molar-refractivity contribution < 1.29 is 9.53 Å². The lowest BCUT2D eigenvalue weighted by molar-refractivity contribution is -0.146. The van der Waals surface area contributed by atoms with Gasteiger partial charge in [0.15, 0.2) is 0 Å². The minimum Gasteiger partial charge on any atom is -0.468 e. The number of hydrogen-bond donors (Lipinski definition) is 1. The Kier molecular flexibility index (Phi) is 3.89. The third-order valence-electron chi connectivity index (χ3n) is 2.93. The number of nitrogens with two attached hydrogens (primary N) is 1. The highest BCUT2D eigenvalue weighted by molar-refractivity contribution is 5.76. The van der Waals surface area contributed by atoms with Crippen LogP contribution in [0.15, 0.2) is 0 Å². The molecule has 1 saturated heterocycles. The summed E-state index contributed by atoms with van der Waals surface area (Å²) in [6.45, 7) is 5.61. The van der Waals surface area contributed by atoms with Gasteiger partial charge >= 0.3 is 5.97 Å². The summed E-state index contributed by atoms with van der Waals surface area (Å²) < 4.78 is 4.74. The van der Waals surface area contributed by atoms with Crippen LogP contribution in [0.3, 0.4) is 0 Å². The molecule has 0 amide bonds. The Morgan fingerprint density at radius 1 is 1.64 bits per heavy atom. The molecule has 1 aliphatic heterocycles. The number of esters is 1. The summed E-state index contributed by atoms with van der Waals surface area (Å²) in [5.74, 6) is 0.428. The van der Waals surface area contributed by atoms with Crippen molar-refractivity contribution in [3.05, 3.63) is 0 Å². The number of carbonyl (C=O) groups is 1. The van der Waals surface area contributed by atoms with E-state index >= 15 is 0 Å². The summed E-state index contributed by atoms with van der Waals surface area (Å²) in [7, 11) is 1.41. The van der Waals surface area contributed by atoms with Crippen molar-refractivity contribution in [2.45, 2.75) is 32.4 Å². The molecule has 0 spiro atoms. The monoisotopic (exact) mass is 200 g/mol. The van der Waals surface area contributed by atoms with Gasteiger partial charge in [-0.25, -0.2) is 0 Å². The summed E-state index contributed by atoms with van der Waals surface area (Å²) in [6.07, 6.45) is 1.13. The third kappa shape index (κ3) is 2.25. The van der Waals surface area contributed by atoms with Gasteiger partial charge in [0.05, 0.1) is 7.11 Å². The van der Waals surface area contributed by atoms with Crippen molar-refractivity contribution in [1.29, 1.82) is 0 Å². The van der Waals surface area contributed by atoms with Gasteiger partial charge in [0.1, 0.15) is 6.04 Å². The van der Waals surface area contributed by atoms with Crippen molar-refractivity contribution in [3.63, 3.8) is 0 Å². The topological polar surface area (TPSA) is 55.6 Å². The van der Waals surface area contributed by atoms with E-state index in [1.54, 1.807) is 0 Å². The van der Waals surface area contributed by atoms with Crippen LogP contribution in [-0.4, -0.2) is 43.2 Å². The maximum Gasteiger partial charge on any atom is 0.324 e. The molecule has 1 rings (SSSR count). The highest BCUT2D eigenvalue weighted by Crippen LogP contribution is 2.24. The Bertz CT molecular complexity index is 208. The predicted octanol–water partition coefficient (Wildman–Crippen LogP) is 0.217. The van der Waals surface area contributed by atoms with Gasteiger partial charge < -0.3 is 10.5 Å². The summed E-state index contributed by atoms with van der Waals surface area (Å²) in [5, 5.41) is 0. The van der Waals surface area contributed by atoms with Crippen molar-refractivity contribution in [2.24, 2.45) is 11.7 Å². The quantitative estimate of drug-likeness (QED) is 0.662. The normalized spacial score (nSPS) is 30.3. The van der Waals surface area contributed by atoms with Crippen molar-refractivity contribution >= 4 is 5.97 Å². The largest absolute Gasteiger partial charge is 0.468 e. The number of likely N-dealkylation sites (tertiary alicyclic amines) is 1. The van der Waals surface area contributed by atoms with E-state index in [0.717, 1.165) is 13.0 Å². The molecule has 14 heavy (non-hydrogen) atoms. The molecule has 0 aliphatic carbocycles. The van der Waals surface area contributed by atoms with Gasteiger partial charge in [0.2, 0.25) is 0 Å². The molecule has 3 atom stereocenters. The molecule has 0 aromatic carbocycles. The second kappa shape index (κ2) is 4.75. The zero-order valence-corrected chi connectivity index (χ0v) is 9.19. The van der Waals surface area contributed by atoms with Crippen LogP contribution in [0.25, 0.3) is 0 Å². The first-order chi connectivity index (χ1) is 6.60. The van der Waals surface area contributed by atoms with Crippen LogP contribution >= 0.6 is 0 Å². The molecule has 0 bridgehead atoms. The lowest BCUT2D eigenvalue weighted by Crippen LogP contribution is -2.48. The Morgan fingerprint density at radius 2 is 2.29 bits per heavy atom. The van der Waals surface area contributed by atoms with Crippen LogP contribution < -0.4 is 5.73 Å². The van der Waals surface area contributed by atoms with Gasteiger partial charge in [0.25, 0.3) is 0 Å². The van der Waals surface area contributed by atoms with Crippen LogP contribution in [0.2, 0.25) is 0 Å². The molecule has 2 N–H and O–H groups in total. The molecule has 3 unspecified atom stereocenters. The fourth-order valence-corrected chi connectivity index (χ4v) is 2.27. The van der Waals surface area contributed by atoms with Gasteiger partial charge in [-0.2, -0.15) is 0 Å². The molecule has 82 valence electrons. The Labute approximate surface area is 85.4 Å². The highest BCUT2D eigenvalue weighted by atomic mass is 16.5. The molecule has 0 saturated carbocycles. The van der Waals surface area contributed by atoms with Crippen molar-refractivity contribution in [1.82, 2.24) is 4.90 Å². The fourth-order valence-electron chi connectivity index (χ4n) is 2.27. The van der Waals surface area contributed by atoms with Crippen LogP contribution in [0.1, 0.15) is 20.3 Å². The van der Waals surface area contributed by atoms with Crippen LogP contribution in [0.5, 0.6) is 0 Å². The summed E-state index contributed by atoms with van der Waals surface area (Å²) in [4.78, 5) is 13.6. The van der Waals surface area contributed by atoms with E-state index in [0.29, 0.717) is 18.5 Å². The van der Waals surface area contributed by atoms with E-state index in [2.05, 4.69) is 18.7 Å². The zero-order chi connectivity index (χ0) is 10.7. The molecule has 0 aromatic rings. The van der Waals surface area contributed by atoms with E-state index in [1.807, 2.05) is 0 Å². The molecule has 4 nitrogen and oxygen atoms in total. The standard InChI is InChI=1S/C10H20N2O2/c1-7-4-8(2)12(6-7)9(5-11)10(13)14-3/h7-9H,4-6,11H2,1-3H3. The van der Waals surface area contributed by atoms with E-state index in [9.17, 15) is 4.79 Å². The number of carbonyl (C=O) groups excluding carboxylic acids is 1. The van der Waals surface area contributed by atoms with Crippen LogP contribution in [0.4, 0.5) is 0 Å². The minimum absolute atomic E-state index is 0.214. The third-order valence-corrected chi connectivity index (χ3v) is 2.93. The first-order valence-electron chi connectivity index (χ1n) is 5.13. The number of ether oxygens (including phenoxy) is 1. The van der Waals surface area contributed by atoms with E-state index in [1.165, 1.54) is 7.11 Å². The lowest BCUT2D eigenvalue weighted by Gasteiger charge is -2.28. The number of methoxy groups -OCH3 is 1. The highest BCUT2D eigenvalue weighted by Gasteiger charge is 2.35. The maximum atomic E-state index is 11.4. The summed E-state index contributed by atoms with van der Waals surface area (Å²) in [5.41, 5.74) is 5.59. The predicted molar refractivity (Wildman–Crippen MR) is 54.8 cm³/mol. The van der Waals surface area contributed by atoms with E-state index in [4.69, 9.17) is 10.5 Å². The number of rotatable bonds is 3. The first kappa shape index (κ1) is 11.5. The minimum atomic E-state index is -0.264. The average molecular weight is 200 g/mol. The molecular weight excluding hydrogens is 180 g/mol. The SMILES string of the molecule is COC(=O)C(CN)N1CC(C)CC1C. The fraction of sp³-hybridized carbons (Fsp3) is 0.900. The number of hydrogen-bond acceptors (Lipinski definition) is 4. The van der Waals surface area contributed by atoms with Crippen LogP contribution in [-0.2, 0) is 9.53 Å². The molecule has 1 heterocycles. The summed E-state index contributed by atoms with van der Waals surface area (Å²) >= 11 is 0. The first-order valence-corrected chi connectivity index (χ1v) is 5.13. The van der Waals surface area contributed by atoms with Gasteiger partial charge in [-0.1, -0.05) is 6.92 Å². The molecule has 0 aromatic heterocycles. The maximum absolute atomic E-state index is 11.4. The Morgan fingerprint density at radius 3 is 2.64 bits per heavy atom. The zero-order valence-electron chi connectivity index (χ0n) is 9.19. The number of nitrogens with zero attached hydrogens (tertiary/aromatic N) is 1. The van der Waals surface area contributed by atoms with Gasteiger partial charge in [-0.05, 0) is 19.3 Å². The second-order valence-corrected chi connectivity index (χ2v) is 4.16. The van der Waals surface area contributed by atoms with E-state index in [-0.39, 0.29) is 12.0 Å². The van der Waals surface area contributed by atoms with Gasteiger partial charge in [-0.3, -0.25) is 9.69 Å². The second-order valence-electron chi connectivity index (χ2n) is 4.16. The Hall–Kier alpha value is -0.610. The molecular formula is C10H20N2O2. The van der Waals surface area contributed by atoms with Gasteiger partial charge in [-0.15, -0.1) is 0 Å². The van der Waals surface area contributed by atoms with Crippen LogP contribution in [0, 0.1) is 5.92 Å². The van der Waals surface area contributed by atoms with Crippen molar-refractivity contribution in [2.75, 3.05) is 20.2 Å². The smallest absolute Gasteiger partial charge is 0.324 e. The van der Waals surface area contributed by atoms with E-state index < -0.39 is 0 Å². The molecule has 4 heteroatoms. The molecule has 1 fully saturated rings. The summed E-state index contributed by atoms with van der Waals surface area (Å²) in [6, 6.07) is 0.164. The molecule has 1 aliphatic rings. The molecule has 0 radical (unpaired) electrons. The Balaban J connectivity index is 2.65. The lowest BCUT2D eigenvalue weighted by atomic mass is 10.1. The van der Waals surface area contributed by atoms with Crippen molar-refractivity contribution in [3.8, 4) is 0 Å². The average Bonchev–Trinajstić information content (AvgIpc) is 2.47. The van der Waals surface area contributed by atoms with Gasteiger partial charge in [0, 0.05) is 19.1 Å².